The smallest absolute Gasteiger partial charge is 0.258 e. The zero-order valence-electron chi connectivity index (χ0n) is 15.7. The van der Waals surface area contributed by atoms with Crippen LogP contribution in [0.5, 0.6) is 5.75 Å². The van der Waals surface area contributed by atoms with Gasteiger partial charge in [-0.2, -0.15) is 0 Å². The molecule has 4 atom stereocenters. The molecule has 0 saturated heterocycles. The van der Waals surface area contributed by atoms with Gasteiger partial charge in [0.25, 0.3) is 5.91 Å². The van der Waals surface area contributed by atoms with Crippen LogP contribution >= 0.6 is 0 Å². The topological polar surface area (TPSA) is 93.5 Å². The lowest BCUT2D eigenvalue weighted by atomic mass is 9.84. The van der Waals surface area contributed by atoms with Gasteiger partial charge in [0, 0.05) is 18.6 Å². The van der Waals surface area contributed by atoms with Crippen LogP contribution < -0.4 is 21.1 Å². The quantitative estimate of drug-likeness (QED) is 0.643. The molecule has 4 unspecified atom stereocenters. The highest BCUT2D eigenvalue weighted by atomic mass is 16.5. The maximum Gasteiger partial charge on any atom is 0.258 e. The second-order valence-corrected chi connectivity index (χ2v) is 8.25. The minimum absolute atomic E-state index is 0.00121. The normalized spacial score (nSPS) is 28.8. The predicted molar refractivity (Wildman–Crippen MR) is 102 cm³/mol. The van der Waals surface area contributed by atoms with Crippen LogP contribution in [0.1, 0.15) is 37.7 Å². The van der Waals surface area contributed by atoms with Gasteiger partial charge in [0.2, 0.25) is 5.91 Å². The van der Waals surface area contributed by atoms with E-state index in [-0.39, 0.29) is 30.4 Å². The molecule has 2 bridgehead atoms. The summed E-state index contributed by atoms with van der Waals surface area (Å²) in [5, 5.41) is 5.96. The highest BCUT2D eigenvalue weighted by Crippen LogP contribution is 2.47. The Hall–Kier alpha value is -2.08. The average Bonchev–Trinajstić information content (AvgIpc) is 3.24. The Kier molecular flexibility index (Phi) is 5.34. The van der Waals surface area contributed by atoms with Gasteiger partial charge in [0.05, 0.1) is 5.92 Å². The second-order valence-electron chi connectivity index (χ2n) is 8.25. The van der Waals surface area contributed by atoms with Crippen molar-refractivity contribution in [1.29, 1.82) is 0 Å². The van der Waals surface area contributed by atoms with Crippen molar-refractivity contribution in [3.63, 3.8) is 0 Å². The number of carbonyl (C=O) groups excluding carboxylic acids is 2. The van der Waals surface area contributed by atoms with E-state index in [0.717, 1.165) is 37.7 Å². The molecule has 146 valence electrons. The highest BCUT2D eigenvalue weighted by molar-refractivity contribution is 5.80. The van der Waals surface area contributed by atoms with Crippen molar-refractivity contribution in [3.05, 3.63) is 29.8 Å². The molecule has 0 radical (unpaired) electrons. The minimum atomic E-state index is -0.0666. The monoisotopic (exact) mass is 371 g/mol. The second kappa shape index (κ2) is 7.89. The third kappa shape index (κ3) is 4.43. The number of amides is 2. The molecule has 1 aromatic carbocycles. The fourth-order valence-corrected chi connectivity index (χ4v) is 4.57. The maximum absolute atomic E-state index is 12.5. The Morgan fingerprint density at radius 2 is 1.81 bits per heavy atom. The van der Waals surface area contributed by atoms with Crippen LogP contribution in [0.15, 0.2) is 24.3 Å². The largest absolute Gasteiger partial charge is 0.484 e. The van der Waals surface area contributed by atoms with Gasteiger partial charge in [0.1, 0.15) is 5.75 Å². The molecule has 3 saturated carbocycles. The van der Waals surface area contributed by atoms with E-state index in [4.69, 9.17) is 10.5 Å². The molecule has 0 aliphatic heterocycles. The summed E-state index contributed by atoms with van der Waals surface area (Å²) in [5.41, 5.74) is 7.37. The van der Waals surface area contributed by atoms with Gasteiger partial charge in [-0.05, 0) is 68.1 Å². The van der Waals surface area contributed by atoms with Gasteiger partial charge in [-0.3, -0.25) is 9.59 Å². The Bertz CT molecular complexity index is 684. The van der Waals surface area contributed by atoms with E-state index in [9.17, 15) is 9.59 Å². The molecule has 6 heteroatoms. The van der Waals surface area contributed by atoms with Crippen molar-refractivity contribution >= 4 is 11.8 Å². The summed E-state index contributed by atoms with van der Waals surface area (Å²) in [6, 6.07) is 8.08. The number of hydrogen-bond acceptors (Lipinski definition) is 4. The lowest BCUT2D eigenvalue weighted by molar-refractivity contribution is -0.127. The van der Waals surface area contributed by atoms with Gasteiger partial charge >= 0.3 is 0 Å². The number of nitrogens with one attached hydrogen (secondary N) is 2. The lowest BCUT2D eigenvalue weighted by Crippen LogP contribution is -2.45. The van der Waals surface area contributed by atoms with Crippen molar-refractivity contribution in [2.24, 2.45) is 23.5 Å². The number of fused-ring (bicyclic) bond motifs is 2. The van der Waals surface area contributed by atoms with Crippen molar-refractivity contribution in [1.82, 2.24) is 10.6 Å². The molecule has 0 spiro atoms. The number of benzene rings is 1. The van der Waals surface area contributed by atoms with Gasteiger partial charge in [0.15, 0.2) is 6.61 Å². The summed E-state index contributed by atoms with van der Waals surface area (Å²) in [5.74, 6) is 1.77. The minimum Gasteiger partial charge on any atom is -0.484 e. The molecular formula is C21H29N3O3. The Morgan fingerprint density at radius 1 is 1.07 bits per heavy atom. The molecule has 0 heterocycles. The molecule has 4 N–H and O–H groups in total. The summed E-state index contributed by atoms with van der Waals surface area (Å²) in [6.45, 7) is 0.666. The fraction of sp³-hybridized carbons (Fsp3) is 0.619. The van der Waals surface area contributed by atoms with E-state index in [2.05, 4.69) is 10.6 Å². The van der Waals surface area contributed by atoms with E-state index in [1.165, 1.54) is 6.42 Å². The van der Waals surface area contributed by atoms with Crippen LogP contribution in [0, 0.1) is 17.8 Å². The van der Waals surface area contributed by atoms with Crippen molar-refractivity contribution in [2.45, 2.75) is 50.6 Å². The number of ether oxygens (including phenoxy) is 1. The first-order chi connectivity index (χ1) is 13.1. The third-order valence-electron chi connectivity index (χ3n) is 6.23. The van der Waals surface area contributed by atoms with Crippen LogP contribution in [0.4, 0.5) is 0 Å². The molecule has 3 aliphatic rings. The first kappa shape index (κ1) is 18.3. The van der Waals surface area contributed by atoms with E-state index in [1.807, 2.05) is 24.3 Å². The van der Waals surface area contributed by atoms with E-state index in [1.54, 1.807) is 0 Å². The Labute approximate surface area is 160 Å². The molecule has 3 fully saturated rings. The molecule has 3 aliphatic carbocycles. The van der Waals surface area contributed by atoms with Crippen molar-refractivity contribution < 1.29 is 14.3 Å². The molecule has 0 aromatic heterocycles. The van der Waals surface area contributed by atoms with Crippen LogP contribution in [0.3, 0.4) is 0 Å². The molecule has 2 amide bonds. The number of rotatable bonds is 8. The SMILES string of the molecule is NC1C2CCC(C2)C1C(=O)NCCc1ccc(OCC(=O)NC2CC2)cc1. The molecule has 1 aromatic rings. The Balaban J connectivity index is 1.17. The van der Waals surface area contributed by atoms with Gasteiger partial charge < -0.3 is 21.1 Å². The lowest BCUT2D eigenvalue weighted by Gasteiger charge is -2.27. The van der Waals surface area contributed by atoms with Crippen LogP contribution in [0.25, 0.3) is 0 Å². The van der Waals surface area contributed by atoms with Gasteiger partial charge in [-0.1, -0.05) is 12.1 Å². The highest BCUT2D eigenvalue weighted by Gasteiger charge is 2.48. The van der Waals surface area contributed by atoms with Gasteiger partial charge in [-0.25, -0.2) is 0 Å². The fourth-order valence-electron chi connectivity index (χ4n) is 4.57. The number of hydrogen-bond donors (Lipinski definition) is 3. The van der Waals surface area contributed by atoms with E-state index in [0.29, 0.717) is 30.2 Å². The average molecular weight is 371 g/mol. The summed E-state index contributed by atoms with van der Waals surface area (Å²) in [6.07, 6.45) is 6.38. The van der Waals surface area contributed by atoms with Crippen molar-refractivity contribution in [3.8, 4) is 5.75 Å². The zero-order valence-corrected chi connectivity index (χ0v) is 15.7. The first-order valence-corrected chi connectivity index (χ1v) is 10.1. The predicted octanol–water partition coefficient (Wildman–Crippen LogP) is 1.38. The van der Waals surface area contributed by atoms with Crippen LogP contribution in [0.2, 0.25) is 0 Å². The molecular weight excluding hydrogens is 342 g/mol. The Morgan fingerprint density at radius 3 is 2.48 bits per heavy atom. The van der Waals surface area contributed by atoms with Crippen LogP contribution in [-0.4, -0.2) is 37.0 Å². The summed E-state index contributed by atoms with van der Waals surface area (Å²) in [7, 11) is 0. The molecule has 4 rings (SSSR count). The molecule has 6 nitrogen and oxygen atoms in total. The summed E-state index contributed by atoms with van der Waals surface area (Å²) < 4.78 is 5.51. The standard InChI is InChI=1S/C21H29N3O3/c22-20-15-4-3-14(11-15)19(20)21(26)23-10-9-13-1-7-17(8-2-13)27-12-18(25)24-16-5-6-16/h1-2,7-8,14-16,19-20H,3-6,9-12,22H2,(H,23,26)(H,24,25). The van der Waals surface area contributed by atoms with E-state index < -0.39 is 0 Å². The summed E-state index contributed by atoms with van der Waals surface area (Å²) >= 11 is 0. The summed E-state index contributed by atoms with van der Waals surface area (Å²) in [4.78, 5) is 24.1. The van der Waals surface area contributed by atoms with E-state index >= 15 is 0 Å². The number of nitrogens with two attached hydrogens (primary N) is 1. The number of carbonyl (C=O) groups is 2. The van der Waals surface area contributed by atoms with Gasteiger partial charge in [-0.15, -0.1) is 0 Å². The van der Waals surface area contributed by atoms with Crippen molar-refractivity contribution in [2.75, 3.05) is 13.2 Å². The third-order valence-corrected chi connectivity index (χ3v) is 6.23. The zero-order chi connectivity index (χ0) is 18.8. The first-order valence-electron chi connectivity index (χ1n) is 10.1. The van der Waals surface area contributed by atoms with Crippen LogP contribution in [-0.2, 0) is 16.0 Å². The maximum atomic E-state index is 12.5. The molecule has 27 heavy (non-hydrogen) atoms.